The largest absolute Gasteiger partial charge is 0.374 e. The Morgan fingerprint density at radius 2 is 2.15 bits per heavy atom. The molecule has 2 rings (SSSR count). The first-order valence-electron chi connectivity index (χ1n) is 6.98. The van der Waals surface area contributed by atoms with Gasteiger partial charge in [-0.1, -0.05) is 0 Å². The Morgan fingerprint density at radius 3 is 2.80 bits per heavy atom. The summed E-state index contributed by atoms with van der Waals surface area (Å²) in [5.41, 5.74) is 0. The molecule has 0 fully saturated rings. The van der Waals surface area contributed by atoms with Gasteiger partial charge >= 0.3 is 0 Å². The zero-order valence-corrected chi connectivity index (χ0v) is 12.7. The van der Waals surface area contributed by atoms with Gasteiger partial charge in [-0.2, -0.15) is 0 Å². The molecular formula is C13H23N5O2. The molecule has 1 aromatic rings. The number of aromatic nitrogens is 3. The van der Waals surface area contributed by atoms with Crippen LogP contribution < -0.4 is 0 Å². The number of carbonyl (C=O) groups excluding carboxylic acids is 1. The van der Waals surface area contributed by atoms with Crippen molar-refractivity contribution in [1.29, 1.82) is 0 Å². The maximum absolute atomic E-state index is 11.8. The number of ether oxygens (including phenoxy) is 1. The van der Waals surface area contributed by atoms with Crippen molar-refractivity contribution < 1.29 is 9.53 Å². The number of fused-ring (bicyclic) bond motifs is 1. The smallest absolute Gasteiger partial charge is 0.236 e. The second kappa shape index (κ2) is 6.32. The van der Waals surface area contributed by atoms with E-state index in [1.807, 2.05) is 6.92 Å². The lowest BCUT2D eigenvalue weighted by atomic mass is 10.2. The van der Waals surface area contributed by atoms with Crippen LogP contribution in [0.1, 0.15) is 31.5 Å². The summed E-state index contributed by atoms with van der Waals surface area (Å²) in [5, 5.41) is 8.46. The number of likely N-dealkylation sites (N-methyl/N-ethyl adjacent to an activating group) is 1. The van der Waals surface area contributed by atoms with Gasteiger partial charge in [0.2, 0.25) is 5.91 Å². The van der Waals surface area contributed by atoms with Crippen LogP contribution in [-0.2, 0) is 22.7 Å². The fourth-order valence-corrected chi connectivity index (χ4v) is 2.32. The van der Waals surface area contributed by atoms with Gasteiger partial charge in [-0.05, 0) is 13.8 Å². The molecule has 0 N–H and O–H groups in total. The molecule has 1 aromatic heterocycles. The minimum Gasteiger partial charge on any atom is -0.374 e. The van der Waals surface area contributed by atoms with Crippen LogP contribution in [0.3, 0.4) is 0 Å². The molecule has 0 aliphatic carbocycles. The van der Waals surface area contributed by atoms with E-state index in [-0.39, 0.29) is 11.9 Å². The van der Waals surface area contributed by atoms with E-state index in [1.54, 1.807) is 19.0 Å². The number of hydrogen-bond donors (Lipinski definition) is 0. The molecule has 0 unspecified atom stereocenters. The van der Waals surface area contributed by atoms with Crippen molar-refractivity contribution in [2.45, 2.75) is 33.0 Å². The summed E-state index contributed by atoms with van der Waals surface area (Å²) in [4.78, 5) is 15.6. The zero-order chi connectivity index (χ0) is 14.7. The predicted molar refractivity (Wildman–Crippen MR) is 74.0 cm³/mol. The Hall–Kier alpha value is -1.47. The number of hydrogen-bond acceptors (Lipinski definition) is 5. The molecule has 0 bridgehead atoms. The minimum atomic E-state index is 0.0931. The average molecular weight is 281 g/mol. The molecule has 112 valence electrons. The van der Waals surface area contributed by atoms with Crippen molar-refractivity contribution in [2.75, 3.05) is 33.8 Å². The summed E-state index contributed by atoms with van der Waals surface area (Å²) in [6.45, 7) is 7.23. The summed E-state index contributed by atoms with van der Waals surface area (Å²) in [7, 11) is 3.55. The van der Waals surface area contributed by atoms with E-state index >= 15 is 0 Å². The van der Waals surface area contributed by atoms with Gasteiger partial charge in [0.05, 0.1) is 12.6 Å². The second-order valence-electron chi connectivity index (χ2n) is 5.20. The molecule has 20 heavy (non-hydrogen) atoms. The summed E-state index contributed by atoms with van der Waals surface area (Å²) in [6, 6.07) is 0.0931. The van der Waals surface area contributed by atoms with Crippen molar-refractivity contribution in [3.8, 4) is 0 Å². The van der Waals surface area contributed by atoms with Crippen molar-refractivity contribution in [3.63, 3.8) is 0 Å². The molecule has 0 aromatic carbocycles. The highest BCUT2D eigenvalue weighted by molar-refractivity contribution is 5.77. The third kappa shape index (κ3) is 2.99. The van der Waals surface area contributed by atoms with Gasteiger partial charge in [-0.25, -0.2) is 0 Å². The number of rotatable bonds is 5. The molecule has 0 saturated heterocycles. The SMILES string of the molecule is CCOCc1nnc2n1CCN(CC(=O)N(C)C)[C@H]2C. The van der Waals surface area contributed by atoms with Crippen LogP contribution in [0.5, 0.6) is 0 Å². The maximum Gasteiger partial charge on any atom is 0.236 e. The zero-order valence-electron chi connectivity index (χ0n) is 12.7. The first kappa shape index (κ1) is 14.9. The summed E-state index contributed by atoms with van der Waals surface area (Å²) in [6.07, 6.45) is 0. The van der Waals surface area contributed by atoms with Gasteiger partial charge in [0.25, 0.3) is 0 Å². The van der Waals surface area contributed by atoms with Crippen molar-refractivity contribution >= 4 is 5.91 Å². The molecule has 7 nitrogen and oxygen atoms in total. The van der Waals surface area contributed by atoms with Gasteiger partial charge < -0.3 is 14.2 Å². The van der Waals surface area contributed by atoms with Crippen LogP contribution in [-0.4, -0.2) is 64.3 Å². The highest BCUT2D eigenvalue weighted by atomic mass is 16.5. The van der Waals surface area contributed by atoms with E-state index in [0.717, 1.165) is 24.7 Å². The quantitative estimate of drug-likeness (QED) is 0.775. The molecule has 1 aliphatic heterocycles. The lowest BCUT2D eigenvalue weighted by Gasteiger charge is -2.33. The lowest BCUT2D eigenvalue weighted by Crippen LogP contribution is -2.43. The summed E-state index contributed by atoms with van der Waals surface area (Å²) < 4.78 is 7.51. The van der Waals surface area contributed by atoms with Gasteiger partial charge in [-0.15, -0.1) is 10.2 Å². The number of amides is 1. The van der Waals surface area contributed by atoms with E-state index in [1.165, 1.54) is 0 Å². The molecule has 0 radical (unpaired) electrons. The molecular weight excluding hydrogens is 258 g/mol. The Morgan fingerprint density at radius 1 is 1.40 bits per heavy atom. The topological polar surface area (TPSA) is 63.5 Å². The average Bonchev–Trinajstić information content (AvgIpc) is 2.83. The fraction of sp³-hybridized carbons (Fsp3) is 0.769. The van der Waals surface area contributed by atoms with Crippen LogP contribution in [0.15, 0.2) is 0 Å². The maximum atomic E-state index is 11.8. The third-order valence-corrected chi connectivity index (χ3v) is 3.66. The van der Waals surface area contributed by atoms with Gasteiger partial charge in [0.1, 0.15) is 12.4 Å². The van der Waals surface area contributed by atoms with Crippen molar-refractivity contribution in [3.05, 3.63) is 11.6 Å². The second-order valence-corrected chi connectivity index (χ2v) is 5.20. The Bertz CT molecular complexity index is 471. The molecule has 2 heterocycles. The summed E-state index contributed by atoms with van der Waals surface area (Å²) >= 11 is 0. The van der Waals surface area contributed by atoms with Crippen LogP contribution in [0, 0.1) is 0 Å². The fourth-order valence-electron chi connectivity index (χ4n) is 2.32. The van der Waals surface area contributed by atoms with Crippen LogP contribution in [0.25, 0.3) is 0 Å². The van der Waals surface area contributed by atoms with Crippen LogP contribution >= 0.6 is 0 Å². The standard InChI is InChI=1S/C13H23N5O2/c1-5-20-9-11-14-15-13-10(2)17(6-7-18(11)13)8-12(19)16(3)4/h10H,5-9H2,1-4H3/t10-/m0/s1. The van der Waals surface area contributed by atoms with Crippen molar-refractivity contribution in [1.82, 2.24) is 24.6 Å². The number of carbonyl (C=O) groups is 1. The lowest BCUT2D eigenvalue weighted by molar-refractivity contribution is -0.130. The predicted octanol–water partition coefficient (Wildman–Crippen LogP) is 0.279. The Kier molecular flexibility index (Phi) is 4.72. The molecule has 0 spiro atoms. The van der Waals surface area contributed by atoms with E-state index in [4.69, 9.17) is 4.74 Å². The first-order valence-corrected chi connectivity index (χ1v) is 6.98. The molecule has 1 amide bonds. The van der Waals surface area contributed by atoms with Gasteiger partial charge in [0.15, 0.2) is 5.82 Å². The number of nitrogens with zero attached hydrogens (tertiary/aromatic N) is 5. The van der Waals surface area contributed by atoms with E-state index in [9.17, 15) is 4.79 Å². The van der Waals surface area contributed by atoms with E-state index in [2.05, 4.69) is 26.6 Å². The third-order valence-electron chi connectivity index (χ3n) is 3.66. The first-order chi connectivity index (χ1) is 9.54. The summed E-state index contributed by atoms with van der Waals surface area (Å²) in [5.74, 6) is 1.89. The molecule has 7 heteroatoms. The Labute approximate surface area is 119 Å². The Balaban J connectivity index is 2.08. The normalized spacial score (nSPS) is 18.9. The van der Waals surface area contributed by atoms with Crippen LogP contribution in [0.2, 0.25) is 0 Å². The minimum absolute atomic E-state index is 0.0931. The van der Waals surface area contributed by atoms with Gasteiger partial charge in [-0.3, -0.25) is 9.69 Å². The monoisotopic (exact) mass is 281 g/mol. The molecule has 1 aliphatic rings. The highest BCUT2D eigenvalue weighted by Crippen LogP contribution is 2.24. The van der Waals surface area contributed by atoms with E-state index in [0.29, 0.717) is 19.8 Å². The highest BCUT2D eigenvalue weighted by Gasteiger charge is 2.29. The van der Waals surface area contributed by atoms with E-state index < -0.39 is 0 Å². The van der Waals surface area contributed by atoms with Crippen LogP contribution in [0.4, 0.5) is 0 Å². The molecule has 0 saturated carbocycles. The molecule has 1 atom stereocenters. The van der Waals surface area contributed by atoms with Crippen molar-refractivity contribution in [2.24, 2.45) is 0 Å². The van der Waals surface area contributed by atoms with Gasteiger partial charge in [0, 0.05) is 33.8 Å².